The topological polar surface area (TPSA) is 46.3 Å². The number of furan rings is 1. The average molecular weight is 425 g/mol. The average Bonchev–Trinajstić information content (AvgIpc) is 3.36. The first-order valence-electron chi connectivity index (χ1n) is 9.50. The fourth-order valence-electron chi connectivity index (χ4n) is 3.24. The Balaban J connectivity index is 1.67. The number of halogens is 1. The van der Waals surface area contributed by atoms with E-state index in [-0.39, 0.29) is 5.91 Å². The van der Waals surface area contributed by atoms with Gasteiger partial charge >= 0.3 is 0 Å². The SMILES string of the molecule is CCc1ccc(CC(=O)N(Cc2ccco2)c2nc3c(C)cc(Cl)cc3s2)cc1. The molecule has 0 N–H and O–H groups in total. The van der Waals surface area contributed by atoms with E-state index in [0.29, 0.717) is 28.9 Å². The van der Waals surface area contributed by atoms with E-state index in [1.165, 1.54) is 16.9 Å². The predicted octanol–water partition coefficient (Wildman–Crippen LogP) is 6.19. The van der Waals surface area contributed by atoms with E-state index < -0.39 is 0 Å². The smallest absolute Gasteiger partial charge is 0.233 e. The lowest BCUT2D eigenvalue weighted by molar-refractivity contribution is -0.118. The number of carbonyl (C=O) groups excluding carboxylic acids is 1. The van der Waals surface area contributed by atoms with Gasteiger partial charge in [0.1, 0.15) is 5.76 Å². The summed E-state index contributed by atoms with van der Waals surface area (Å²) in [6.45, 7) is 4.43. The number of aryl methyl sites for hydroxylation is 2. The fourth-order valence-corrected chi connectivity index (χ4v) is 4.68. The van der Waals surface area contributed by atoms with Crippen molar-refractivity contribution in [3.8, 4) is 0 Å². The monoisotopic (exact) mass is 424 g/mol. The van der Waals surface area contributed by atoms with Crippen LogP contribution in [0.25, 0.3) is 10.2 Å². The minimum absolute atomic E-state index is 0.0199. The van der Waals surface area contributed by atoms with Gasteiger partial charge in [0, 0.05) is 5.02 Å². The molecule has 6 heteroatoms. The minimum Gasteiger partial charge on any atom is -0.467 e. The standard InChI is InChI=1S/C23H21ClN2O2S/c1-3-16-6-8-17(9-7-16)12-21(27)26(14-19-5-4-10-28-19)23-25-22-15(2)11-18(24)13-20(22)29-23/h4-11,13H,3,12,14H2,1-2H3. The van der Waals surface area contributed by atoms with Crippen molar-refractivity contribution in [2.24, 2.45) is 0 Å². The zero-order chi connectivity index (χ0) is 20.4. The number of nitrogens with zero attached hydrogens (tertiary/aromatic N) is 2. The molecule has 0 aliphatic carbocycles. The second-order valence-corrected chi connectivity index (χ2v) is 8.42. The van der Waals surface area contributed by atoms with Gasteiger partial charge in [0.2, 0.25) is 5.91 Å². The molecular weight excluding hydrogens is 404 g/mol. The van der Waals surface area contributed by atoms with Crippen molar-refractivity contribution < 1.29 is 9.21 Å². The molecule has 0 unspecified atom stereocenters. The lowest BCUT2D eigenvalue weighted by atomic mass is 10.1. The zero-order valence-electron chi connectivity index (χ0n) is 16.3. The number of fused-ring (bicyclic) bond motifs is 1. The van der Waals surface area contributed by atoms with E-state index in [1.54, 1.807) is 11.2 Å². The van der Waals surface area contributed by atoms with Crippen molar-refractivity contribution in [3.63, 3.8) is 0 Å². The molecule has 0 saturated heterocycles. The van der Waals surface area contributed by atoms with Crippen LogP contribution in [-0.2, 0) is 24.2 Å². The second-order valence-electron chi connectivity index (χ2n) is 6.97. The van der Waals surface area contributed by atoms with Gasteiger partial charge in [-0.2, -0.15) is 0 Å². The molecule has 4 aromatic rings. The van der Waals surface area contributed by atoms with Gasteiger partial charge in [-0.05, 0) is 54.3 Å². The number of amides is 1. The number of thiazole rings is 1. The van der Waals surface area contributed by atoms with E-state index >= 15 is 0 Å². The molecule has 0 atom stereocenters. The molecule has 2 aromatic carbocycles. The highest BCUT2D eigenvalue weighted by atomic mass is 35.5. The summed E-state index contributed by atoms with van der Waals surface area (Å²) in [6, 6.07) is 15.7. The number of carbonyl (C=O) groups is 1. The van der Waals surface area contributed by atoms with Gasteiger partial charge in [0.05, 0.1) is 29.4 Å². The Hall–Kier alpha value is -2.63. The number of benzene rings is 2. The molecule has 2 aromatic heterocycles. The van der Waals surface area contributed by atoms with Crippen LogP contribution in [0.5, 0.6) is 0 Å². The van der Waals surface area contributed by atoms with Crippen LogP contribution in [0.3, 0.4) is 0 Å². The first-order valence-corrected chi connectivity index (χ1v) is 10.7. The van der Waals surface area contributed by atoms with Crippen molar-refractivity contribution in [1.29, 1.82) is 0 Å². The van der Waals surface area contributed by atoms with Gasteiger partial charge in [-0.15, -0.1) is 0 Å². The van der Waals surface area contributed by atoms with Crippen molar-refractivity contribution in [3.05, 3.63) is 82.3 Å². The highest BCUT2D eigenvalue weighted by Gasteiger charge is 2.22. The maximum atomic E-state index is 13.2. The van der Waals surface area contributed by atoms with E-state index in [2.05, 4.69) is 19.1 Å². The zero-order valence-corrected chi connectivity index (χ0v) is 17.9. The Morgan fingerprint density at radius 2 is 1.93 bits per heavy atom. The van der Waals surface area contributed by atoms with Gasteiger partial charge in [0.25, 0.3) is 0 Å². The quantitative estimate of drug-likeness (QED) is 0.370. The minimum atomic E-state index is -0.0199. The summed E-state index contributed by atoms with van der Waals surface area (Å²) >= 11 is 7.67. The first kappa shape index (κ1) is 19.7. The van der Waals surface area contributed by atoms with E-state index in [0.717, 1.165) is 27.8 Å². The number of hydrogen-bond donors (Lipinski definition) is 0. The van der Waals surface area contributed by atoms with Crippen LogP contribution in [0.1, 0.15) is 29.4 Å². The molecule has 0 aliphatic heterocycles. The Kier molecular flexibility index (Phi) is 5.69. The first-order chi connectivity index (χ1) is 14.0. The second kappa shape index (κ2) is 8.39. The van der Waals surface area contributed by atoms with Crippen molar-refractivity contribution >= 4 is 44.2 Å². The largest absolute Gasteiger partial charge is 0.467 e. The van der Waals surface area contributed by atoms with Gasteiger partial charge < -0.3 is 4.42 Å². The maximum Gasteiger partial charge on any atom is 0.233 e. The van der Waals surface area contributed by atoms with Crippen molar-refractivity contribution in [1.82, 2.24) is 4.98 Å². The third-order valence-electron chi connectivity index (χ3n) is 4.85. The van der Waals surface area contributed by atoms with Crippen molar-refractivity contribution in [2.75, 3.05) is 4.90 Å². The summed E-state index contributed by atoms with van der Waals surface area (Å²) < 4.78 is 6.46. The van der Waals surface area contributed by atoms with Crippen molar-refractivity contribution in [2.45, 2.75) is 33.2 Å². The molecule has 0 bridgehead atoms. The molecule has 4 nitrogen and oxygen atoms in total. The molecule has 1 amide bonds. The van der Waals surface area contributed by atoms with Crippen LogP contribution in [-0.4, -0.2) is 10.9 Å². The summed E-state index contributed by atoms with van der Waals surface area (Å²) in [6.07, 6.45) is 2.90. The van der Waals surface area contributed by atoms with Crippen LogP contribution in [0.15, 0.2) is 59.2 Å². The number of anilines is 1. The molecule has 4 rings (SSSR count). The van der Waals surface area contributed by atoms with E-state index in [9.17, 15) is 4.79 Å². The van der Waals surface area contributed by atoms with E-state index in [4.69, 9.17) is 21.0 Å². The highest BCUT2D eigenvalue weighted by Crippen LogP contribution is 2.34. The highest BCUT2D eigenvalue weighted by molar-refractivity contribution is 7.22. The van der Waals surface area contributed by atoms with E-state index in [1.807, 2.05) is 43.3 Å². The lowest BCUT2D eigenvalue weighted by Gasteiger charge is -2.19. The fraction of sp³-hybridized carbons (Fsp3) is 0.217. The Bertz CT molecular complexity index is 1130. The molecule has 0 spiro atoms. The van der Waals surface area contributed by atoms with Crippen LogP contribution < -0.4 is 4.90 Å². The Labute approximate surface area is 178 Å². The van der Waals surface area contributed by atoms with Crippen LogP contribution in [0.4, 0.5) is 5.13 Å². The third kappa shape index (κ3) is 4.36. The van der Waals surface area contributed by atoms with Gasteiger partial charge in [-0.25, -0.2) is 4.98 Å². The number of rotatable bonds is 6. The summed E-state index contributed by atoms with van der Waals surface area (Å²) in [5, 5.41) is 1.32. The lowest BCUT2D eigenvalue weighted by Crippen LogP contribution is -2.31. The summed E-state index contributed by atoms with van der Waals surface area (Å²) in [5.41, 5.74) is 4.11. The molecule has 0 radical (unpaired) electrons. The third-order valence-corrected chi connectivity index (χ3v) is 6.10. The number of hydrogen-bond acceptors (Lipinski definition) is 4. The number of aromatic nitrogens is 1. The summed E-state index contributed by atoms with van der Waals surface area (Å²) in [4.78, 5) is 19.7. The molecule has 0 saturated carbocycles. The van der Waals surface area contributed by atoms with Gasteiger partial charge in [-0.1, -0.05) is 54.1 Å². The normalized spacial score (nSPS) is 11.1. The maximum absolute atomic E-state index is 13.2. The molecule has 29 heavy (non-hydrogen) atoms. The summed E-state index contributed by atoms with van der Waals surface area (Å²) in [5.74, 6) is 0.696. The predicted molar refractivity (Wildman–Crippen MR) is 119 cm³/mol. The van der Waals surface area contributed by atoms with Crippen LogP contribution >= 0.6 is 22.9 Å². The Morgan fingerprint density at radius 3 is 2.62 bits per heavy atom. The molecule has 2 heterocycles. The molecule has 0 aliphatic rings. The summed E-state index contributed by atoms with van der Waals surface area (Å²) in [7, 11) is 0. The Morgan fingerprint density at radius 1 is 1.17 bits per heavy atom. The van der Waals surface area contributed by atoms with Crippen LogP contribution in [0.2, 0.25) is 5.02 Å². The molecular formula is C23H21ClN2O2S. The molecule has 0 fully saturated rings. The van der Waals surface area contributed by atoms with Gasteiger partial charge in [-0.3, -0.25) is 9.69 Å². The molecule has 148 valence electrons. The van der Waals surface area contributed by atoms with Gasteiger partial charge in [0.15, 0.2) is 5.13 Å². The van der Waals surface area contributed by atoms with Crippen LogP contribution in [0, 0.1) is 6.92 Å².